The van der Waals surface area contributed by atoms with Crippen LogP contribution in [0.4, 0.5) is 13.2 Å². The predicted octanol–water partition coefficient (Wildman–Crippen LogP) is 2.65. The van der Waals surface area contributed by atoms with Gasteiger partial charge in [0.1, 0.15) is 6.54 Å². The molecule has 0 unspecified atom stereocenters. The molecule has 0 aromatic carbocycles. The highest BCUT2D eigenvalue weighted by Gasteiger charge is 2.30. The van der Waals surface area contributed by atoms with Crippen LogP contribution in [0.15, 0.2) is 0 Å². The van der Waals surface area contributed by atoms with Gasteiger partial charge < -0.3 is 4.90 Å². The number of amidine groups is 1. The number of rotatable bonds is 4. The zero-order valence-corrected chi connectivity index (χ0v) is 7.91. The van der Waals surface area contributed by atoms with E-state index in [2.05, 4.69) is 0 Å². The van der Waals surface area contributed by atoms with E-state index in [1.165, 1.54) is 0 Å². The Hall–Kier alpha value is -0.740. The van der Waals surface area contributed by atoms with Crippen LogP contribution < -0.4 is 0 Å². The molecule has 0 fully saturated rings. The summed E-state index contributed by atoms with van der Waals surface area (Å²) in [5, 5.41) is 7.35. The lowest BCUT2D eigenvalue weighted by Crippen LogP contribution is -2.38. The fraction of sp³-hybridized carbons (Fsp3) is 0.875. The zero-order valence-electron chi connectivity index (χ0n) is 7.91. The first-order valence-electron chi connectivity index (χ1n) is 4.29. The third-order valence-corrected chi connectivity index (χ3v) is 1.62. The minimum absolute atomic E-state index is 0.0716. The fourth-order valence-electron chi connectivity index (χ4n) is 1.01. The van der Waals surface area contributed by atoms with Crippen LogP contribution >= 0.6 is 0 Å². The van der Waals surface area contributed by atoms with Crippen molar-refractivity contribution in [1.29, 1.82) is 5.41 Å². The molecule has 0 atom stereocenters. The number of halogens is 3. The summed E-state index contributed by atoms with van der Waals surface area (Å²) < 4.78 is 35.9. The van der Waals surface area contributed by atoms with Gasteiger partial charge in [-0.1, -0.05) is 6.92 Å². The van der Waals surface area contributed by atoms with Crippen molar-refractivity contribution in [2.45, 2.75) is 32.9 Å². The number of hydrogen-bond donors (Lipinski definition) is 1. The maximum Gasteiger partial charge on any atom is 0.405 e. The normalized spacial score (nSPS) is 11.5. The second kappa shape index (κ2) is 5.09. The third kappa shape index (κ3) is 5.49. The van der Waals surface area contributed by atoms with Gasteiger partial charge in [0, 0.05) is 13.0 Å². The maximum atomic E-state index is 12.0. The van der Waals surface area contributed by atoms with Crippen molar-refractivity contribution in [3.63, 3.8) is 0 Å². The van der Waals surface area contributed by atoms with Crippen LogP contribution in [0.5, 0.6) is 0 Å². The average Bonchev–Trinajstić information content (AvgIpc) is 1.99. The first-order chi connectivity index (χ1) is 5.90. The van der Waals surface area contributed by atoms with E-state index < -0.39 is 12.7 Å². The van der Waals surface area contributed by atoms with Crippen LogP contribution in [0.3, 0.4) is 0 Å². The molecule has 0 rings (SSSR count). The van der Waals surface area contributed by atoms with Crippen molar-refractivity contribution in [2.75, 3.05) is 13.1 Å². The number of alkyl halides is 3. The molecular formula is C8H15F3N2. The third-order valence-electron chi connectivity index (χ3n) is 1.62. The van der Waals surface area contributed by atoms with Crippen LogP contribution in [-0.2, 0) is 0 Å². The molecule has 0 heterocycles. The summed E-state index contributed by atoms with van der Waals surface area (Å²) in [6, 6.07) is 0. The van der Waals surface area contributed by atoms with E-state index in [9.17, 15) is 13.2 Å². The Balaban J connectivity index is 4.10. The van der Waals surface area contributed by atoms with E-state index in [-0.39, 0.29) is 12.4 Å². The van der Waals surface area contributed by atoms with E-state index >= 15 is 0 Å². The number of nitrogens with zero attached hydrogens (tertiary/aromatic N) is 1. The molecule has 0 aliphatic rings. The van der Waals surface area contributed by atoms with Crippen molar-refractivity contribution in [2.24, 2.45) is 0 Å². The van der Waals surface area contributed by atoms with Crippen molar-refractivity contribution >= 4 is 5.84 Å². The minimum Gasteiger partial charge on any atom is -0.352 e. The molecule has 0 spiro atoms. The van der Waals surface area contributed by atoms with Gasteiger partial charge in [0.25, 0.3) is 0 Å². The van der Waals surface area contributed by atoms with E-state index in [1.807, 2.05) is 6.92 Å². The highest BCUT2D eigenvalue weighted by atomic mass is 19.4. The van der Waals surface area contributed by atoms with E-state index in [4.69, 9.17) is 5.41 Å². The van der Waals surface area contributed by atoms with Crippen molar-refractivity contribution in [1.82, 2.24) is 4.90 Å². The van der Waals surface area contributed by atoms with Gasteiger partial charge >= 0.3 is 6.18 Å². The minimum atomic E-state index is -4.21. The smallest absolute Gasteiger partial charge is 0.352 e. The Bertz CT molecular complexity index is 165. The summed E-state index contributed by atoms with van der Waals surface area (Å²) >= 11 is 0. The molecule has 0 radical (unpaired) electrons. The van der Waals surface area contributed by atoms with Crippen molar-refractivity contribution in [3.8, 4) is 0 Å². The second-order valence-corrected chi connectivity index (χ2v) is 2.83. The topological polar surface area (TPSA) is 27.1 Å². The van der Waals surface area contributed by atoms with Gasteiger partial charge in [-0.3, -0.25) is 5.41 Å². The van der Waals surface area contributed by atoms with Gasteiger partial charge in [-0.2, -0.15) is 13.2 Å². The van der Waals surface area contributed by atoms with Crippen LogP contribution in [-0.4, -0.2) is 30.0 Å². The summed E-state index contributed by atoms with van der Waals surface area (Å²) in [5.74, 6) is 0.0716. The first kappa shape index (κ1) is 12.3. The quantitative estimate of drug-likeness (QED) is 0.543. The fourth-order valence-corrected chi connectivity index (χ4v) is 1.01. The summed E-state index contributed by atoms with van der Waals surface area (Å²) in [6.07, 6.45) is -3.10. The first-order valence-corrected chi connectivity index (χ1v) is 4.29. The number of hydrogen-bond acceptors (Lipinski definition) is 1. The van der Waals surface area contributed by atoms with Crippen molar-refractivity contribution < 1.29 is 13.2 Å². The van der Waals surface area contributed by atoms with Gasteiger partial charge in [-0.05, 0) is 13.3 Å². The molecule has 0 saturated carbocycles. The lowest BCUT2D eigenvalue weighted by molar-refractivity contribution is -0.137. The molecule has 2 nitrogen and oxygen atoms in total. The van der Waals surface area contributed by atoms with Gasteiger partial charge in [-0.25, -0.2) is 0 Å². The van der Waals surface area contributed by atoms with Crippen LogP contribution in [0, 0.1) is 5.41 Å². The number of nitrogens with one attached hydrogen (secondary N) is 1. The molecule has 0 aliphatic heterocycles. The van der Waals surface area contributed by atoms with Crippen LogP contribution in [0.2, 0.25) is 0 Å². The Labute approximate surface area is 76.2 Å². The zero-order chi connectivity index (χ0) is 10.5. The summed E-state index contributed by atoms with van der Waals surface area (Å²) in [6.45, 7) is 2.69. The van der Waals surface area contributed by atoms with Gasteiger partial charge in [0.05, 0.1) is 5.84 Å². The monoisotopic (exact) mass is 196 g/mol. The lowest BCUT2D eigenvalue weighted by Gasteiger charge is -2.24. The van der Waals surface area contributed by atoms with Gasteiger partial charge in [-0.15, -0.1) is 0 Å². The summed E-state index contributed by atoms with van der Waals surface area (Å²) in [4.78, 5) is 1.05. The molecule has 5 heteroatoms. The molecule has 13 heavy (non-hydrogen) atoms. The molecule has 0 aromatic rings. The summed E-state index contributed by atoms with van der Waals surface area (Å²) in [5.41, 5.74) is 0. The molecule has 0 amide bonds. The maximum absolute atomic E-state index is 12.0. The van der Waals surface area contributed by atoms with Crippen molar-refractivity contribution in [3.05, 3.63) is 0 Å². The molecular weight excluding hydrogens is 181 g/mol. The average molecular weight is 196 g/mol. The lowest BCUT2D eigenvalue weighted by atomic mass is 10.3. The van der Waals surface area contributed by atoms with E-state index in [0.29, 0.717) is 12.8 Å². The Morgan fingerprint density at radius 3 is 2.15 bits per heavy atom. The molecule has 0 saturated heterocycles. The Morgan fingerprint density at radius 1 is 1.31 bits per heavy atom. The predicted molar refractivity (Wildman–Crippen MR) is 45.9 cm³/mol. The Kier molecular flexibility index (Phi) is 4.80. The summed E-state index contributed by atoms with van der Waals surface area (Å²) in [7, 11) is 0. The highest BCUT2D eigenvalue weighted by Crippen LogP contribution is 2.17. The molecule has 78 valence electrons. The molecule has 0 aromatic heterocycles. The highest BCUT2D eigenvalue weighted by molar-refractivity contribution is 5.79. The molecule has 0 aliphatic carbocycles. The Morgan fingerprint density at radius 2 is 1.85 bits per heavy atom. The standard InChI is InChI=1S/C8H15F3N2/c1-3-5-7(12)13(4-2)6-8(9,10)11/h12H,3-6H2,1-2H3. The van der Waals surface area contributed by atoms with Gasteiger partial charge in [0.2, 0.25) is 0 Å². The van der Waals surface area contributed by atoms with Crippen LogP contribution in [0.1, 0.15) is 26.7 Å². The molecule has 1 N–H and O–H groups in total. The largest absolute Gasteiger partial charge is 0.405 e. The van der Waals surface area contributed by atoms with E-state index in [1.54, 1.807) is 6.92 Å². The van der Waals surface area contributed by atoms with Gasteiger partial charge in [0.15, 0.2) is 0 Å². The van der Waals surface area contributed by atoms with Crippen LogP contribution in [0.25, 0.3) is 0 Å². The van der Waals surface area contributed by atoms with E-state index in [0.717, 1.165) is 4.90 Å². The second-order valence-electron chi connectivity index (χ2n) is 2.83. The molecule has 0 bridgehead atoms. The SMILES string of the molecule is CCCC(=N)N(CC)CC(F)(F)F.